The van der Waals surface area contributed by atoms with Gasteiger partial charge in [-0.3, -0.25) is 10.2 Å². The lowest BCUT2D eigenvalue weighted by atomic mass is 10.0. The number of ketones is 1. The number of ether oxygens (including phenoxy) is 1. The Morgan fingerprint density at radius 3 is 2.59 bits per heavy atom. The zero-order chi connectivity index (χ0) is 19.3. The van der Waals surface area contributed by atoms with E-state index in [2.05, 4.69) is 14.6 Å². The summed E-state index contributed by atoms with van der Waals surface area (Å²) in [5, 5.41) is 13.6. The number of carbonyl (C=O) groups is 2. The highest BCUT2D eigenvalue weighted by atomic mass is 16.7. The fourth-order valence-electron chi connectivity index (χ4n) is 3.45. The van der Waals surface area contributed by atoms with Gasteiger partial charge < -0.3 is 14.1 Å². The number of hydrogen-bond acceptors (Lipinski definition) is 6. The van der Waals surface area contributed by atoms with E-state index in [0.717, 1.165) is 28.4 Å². The Kier molecular flexibility index (Phi) is 3.80. The summed E-state index contributed by atoms with van der Waals surface area (Å²) in [5.41, 5.74) is 3.14. The van der Waals surface area contributed by atoms with Gasteiger partial charge in [-0.25, -0.2) is 4.79 Å². The van der Waals surface area contributed by atoms with Crippen molar-refractivity contribution >= 4 is 45.2 Å². The van der Waals surface area contributed by atoms with E-state index < -0.39 is 5.97 Å². The number of rotatable bonds is 3. The van der Waals surface area contributed by atoms with Crippen LogP contribution in [0.25, 0.3) is 21.8 Å². The molecule has 27 heavy (non-hydrogen) atoms. The molecule has 1 N–H and O–H groups in total. The standard InChI is InChI=1S/C20H17N3O4/c1-4-23-15-7-5-12(10(2)24)9-14(15)17-16(23)8-6-13-18(21)20(26-19(13)17)22-27-11(3)25/h5-9,21H,4H2,1-3H3/b21-18?,22-20-. The van der Waals surface area contributed by atoms with E-state index in [-0.39, 0.29) is 17.4 Å². The minimum Gasteiger partial charge on any atom is -0.433 e. The Morgan fingerprint density at radius 2 is 1.93 bits per heavy atom. The third kappa shape index (κ3) is 2.51. The van der Waals surface area contributed by atoms with Crippen LogP contribution in [0.2, 0.25) is 0 Å². The molecule has 3 aromatic rings. The molecule has 2 aromatic carbocycles. The molecular weight excluding hydrogens is 346 g/mol. The summed E-state index contributed by atoms with van der Waals surface area (Å²) in [6, 6.07) is 9.31. The molecule has 1 aliphatic rings. The third-order valence-electron chi connectivity index (χ3n) is 4.64. The predicted octanol–water partition coefficient (Wildman–Crippen LogP) is 3.65. The maximum Gasteiger partial charge on any atom is 0.332 e. The van der Waals surface area contributed by atoms with Crippen molar-refractivity contribution in [2.75, 3.05) is 0 Å². The molecule has 0 spiro atoms. The summed E-state index contributed by atoms with van der Waals surface area (Å²) < 4.78 is 7.93. The van der Waals surface area contributed by atoms with E-state index in [1.54, 1.807) is 6.07 Å². The predicted molar refractivity (Wildman–Crippen MR) is 102 cm³/mol. The second-order valence-corrected chi connectivity index (χ2v) is 6.33. The van der Waals surface area contributed by atoms with Gasteiger partial charge in [0.25, 0.3) is 5.90 Å². The summed E-state index contributed by atoms with van der Waals surface area (Å²) in [6.45, 7) is 5.54. The molecule has 0 fully saturated rings. The number of carbonyl (C=O) groups excluding carboxylic acids is 2. The Morgan fingerprint density at radius 1 is 1.19 bits per heavy atom. The maximum atomic E-state index is 11.8. The summed E-state index contributed by atoms with van der Waals surface area (Å²) in [5.74, 6) is -0.185. The molecule has 1 aliphatic heterocycles. The Labute approximate surface area is 154 Å². The fraction of sp³-hybridized carbons (Fsp3) is 0.200. The number of fused-ring (bicyclic) bond motifs is 5. The van der Waals surface area contributed by atoms with Gasteiger partial charge in [-0.1, -0.05) is 0 Å². The van der Waals surface area contributed by atoms with Crippen molar-refractivity contribution in [1.82, 2.24) is 4.57 Å². The van der Waals surface area contributed by atoms with Crippen LogP contribution in [0.1, 0.15) is 36.7 Å². The van der Waals surface area contributed by atoms with Crippen molar-refractivity contribution in [3.63, 3.8) is 0 Å². The molecule has 0 saturated heterocycles. The molecule has 0 radical (unpaired) electrons. The highest BCUT2D eigenvalue weighted by molar-refractivity contribution is 6.48. The monoisotopic (exact) mass is 363 g/mol. The molecule has 0 unspecified atom stereocenters. The molecule has 0 amide bonds. The first kappa shape index (κ1) is 17.0. The second-order valence-electron chi connectivity index (χ2n) is 6.33. The fourth-order valence-corrected chi connectivity index (χ4v) is 3.45. The van der Waals surface area contributed by atoms with Gasteiger partial charge in [-0.15, -0.1) is 0 Å². The van der Waals surface area contributed by atoms with Crippen molar-refractivity contribution in [2.24, 2.45) is 5.16 Å². The Bertz CT molecular complexity index is 1190. The van der Waals surface area contributed by atoms with E-state index in [1.165, 1.54) is 13.8 Å². The largest absolute Gasteiger partial charge is 0.433 e. The van der Waals surface area contributed by atoms with Gasteiger partial charge >= 0.3 is 5.97 Å². The number of Topliss-reactive ketones (excluding diaryl/α,β-unsaturated/α-hetero) is 1. The quantitative estimate of drug-likeness (QED) is 0.436. The molecule has 0 bridgehead atoms. The number of aryl methyl sites for hydroxylation is 1. The summed E-state index contributed by atoms with van der Waals surface area (Å²) >= 11 is 0. The van der Waals surface area contributed by atoms with E-state index in [9.17, 15) is 9.59 Å². The maximum absolute atomic E-state index is 11.8. The Balaban J connectivity index is 2.02. The zero-order valence-corrected chi connectivity index (χ0v) is 15.1. The first-order valence-corrected chi connectivity index (χ1v) is 8.55. The normalized spacial score (nSPS) is 14.6. The number of nitrogens with one attached hydrogen (secondary N) is 1. The average molecular weight is 363 g/mol. The van der Waals surface area contributed by atoms with Crippen LogP contribution in [-0.4, -0.2) is 27.9 Å². The van der Waals surface area contributed by atoms with E-state index in [1.807, 2.05) is 31.2 Å². The lowest BCUT2D eigenvalue weighted by molar-refractivity contribution is -0.141. The van der Waals surface area contributed by atoms with Crippen LogP contribution in [0.15, 0.2) is 35.5 Å². The van der Waals surface area contributed by atoms with Crippen molar-refractivity contribution in [3.05, 3.63) is 41.5 Å². The minimum absolute atomic E-state index is 0.0207. The topological polar surface area (TPSA) is 93.7 Å². The molecule has 7 nitrogen and oxygen atoms in total. The summed E-state index contributed by atoms with van der Waals surface area (Å²) in [7, 11) is 0. The molecule has 7 heteroatoms. The molecule has 136 valence electrons. The first-order valence-electron chi connectivity index (χ1n) is 8.55. The number of oxime groups is 1. The van der Waals surface area contributed by atoms with Crippen molar-refractivity contribution < 1.29 is 19.2 Å². The first-order chi connectivity index (χ1) is 12.9. The van der Waals surface area contributed by atoms with Gasteiger partial charge in [0, 0.05) is 35.5 Å². The van der Waals surface area contributed by atoms with Crippen LogP contribution in [-0.2, 0) is 16.2 Å². The van der Waals surface area contributed by atoms with E-state index >= 15 is 0 Å². The van der Waals surface area contributed by atoms with E-state index in [0.29, 0.717) is 16.9 Å². The average Bonchev–Trinajstić information content (AvgIpc) is 3.13. The van der Waals surface area contributed by atoms with Gasteiger partial charge in [-0.05, 0) is 49.3 Å². The molecular formula is C20H17N3O4. The zero-order valence-electron chi connectivity index (χ0n) is 15.1. The minimum atomic E-state index is -0.589. The summed E-state index contributed by atoms with van der Waals surface area (Å²) in [6.07, 6.45) is 0. The van der Waals surface area contributed by atoms with Gasteiger partial charge in [0.15, 0.2) is 5.78 Å². The van der Waals surface area contributed by atoms with Gasteiger partial charge in [0.2, 0.25) is 0 Å². The van der Waals surface area contributed by atoms with Crippen LogP contribution >= 0.6 is 0 Å². The van der Waals surface area contributed by atoms with Crippen molar-refractivity contribution in [1.29, 1.82) is 5.41 Å². The highest BCUT2D eigenvalue weighted by Gasteiger charge is 2.30. The smallest absolute Gasteiger partial charge is 0.332 e. The van der Waals surface area contributed by atoms with Crippen LogP contribution < -0.4 is 4.74 Å². The number of benzene rings is 2. The van der Waals surface area contributed by atoms with Crippen LogP contribution in [0, 0.1) is 5.41 Å². The number of hydrogen-bond donors (Lipinski definition) is 1. The van der Waals surface area contributed by atoms with Crippen molar-refractivity contribution in [2.45, 2.75) is 27.3 Å². The Hall–Kier alpha value is -3.48. The lowest BCUT2D eigenvalue weighted by Gasteiger charge is -2.03. The van der Waals surface area contributed by atoms with Crippen LogP contribution in [0.3, 0.4) is 0 Å². The number of nitrogens with zero attached hydrogens (tertiary/aromatic N) is 2. The molecule has 4 rings (SSSR count). The lowest BCUT2D eigenvalue weighted by Crippen LogP contribution is -2.13. The molecule has 0 atom stereocenters. The molecule has 0 saturated carbocycles. The summed E-state index contributed by atoms with van der Waals surface area (Å²) in [4.78, 5) is 27.5. The number of aromatic nitrogens is 1. The van der Waals surface area contributed by atoms with Crippen molar-refractivity contribution in [3.8, 4) is 5.75 Å². The van der Waals surface area contributed by atoms with Gasteiger partial charge in [0.1, 0.15) is 11.5 Å². The third-order valence-corrected chi connectivity index (χ3v) is 4.64. The second kappa shape index (κ2) is 6.05. The SMILES string of the molecule is CCn1c2ccc(C(C)=O)cc2c2c3c(ccc21)C(=N)/C(=N/OC(C)=O)O3. The van der Waals surface area contributed by atoms with E-state index in [4.69, 9.17) is 10.1 Å². The molecule has 2 heterocycles. The van der Waals surface area contributed by atoms with Crippen LogP contribution in [0.5, 0.6) is 5.75 Å². The van der Waals surface area contributed by atoms with Gasteiger partial charge in [0.05, 0.1) is 10.9 Å². The molecule has 0 aliphatic carbocycles. The molecule has 1 aromatic heterocycles. The highest BCUT2D eigenvalue weighted by Crippen LogP contribution is 2.41. The van der Waals surface area contributed by atoms with Gasteiger partial charge in [-0.2, -0.15) is 0 Å². The van der Waals surface area contributed by atoms with Crippen LogP contribution in [0.4, 0.5) is 0 Å².